The zero-order chi connectivity index (χ0) is 17.3. The molecule has 0 aliphatic carbocycles. The van der Waals surface area contributed by atoms with Crippen LogP contribution in [0.3, 0.4) is 0 Å². The SMILES string of the molecule is CO[C@@H]1CN(c2ccnc(N)n2)C[C@@H]1NC(=O)N1CCC(F)(F)C1. The quantitative estimate of drug-likeness (QED) is 0.821. The van der Waals surface area contributed by atoms with Crippen LogP contribution in [0.15, 0.2) is 12.3 Å². The summed E-state index contributed by atoms with van der Waals surface area (Å²) in [6.45, 7) is 0.462. The summed E-state index contributed by atoms with van der Waals surface area (Å²) in [6.07, 6.45) is 0.983. The van der Waals surface area contributed by atoms with Gasteiger partial charge in [0.1, 0.15) is 5.82 Å². The maximum atomic E-state index is 13.3. The van der Waals surface area contributed by atoms with E-state index in [1.807, 2.05) is 4.90 Å². The summed E-state index contributed by atoms with van der Waals surface area (Å²) in [5.41, 5.74) is 5.59. The second-order valence-corrected chi connectivity index (χ2v) is 6.04. The summed E-state index contributed by atoms with van der Waals surface area (Å²) < 4.78 is 31.9. The summed E-state index contributed by atoms with van der Waals surface area (Å²) in [6, 6.07) is 0.894. The van der Waals surface area contributed by atoms with Crippen LogP contribution in [0.5, 0.6) is 0 Å². The largest absolute Gasteiger partial charge is 0.377 e. The van der Waals surface area contributed by atoms with E-state index in [-0.39, 0.29) is 31.1 Å². The van der Waals surface area contributed by atoms with Crippen molar-refractivity contribution in [2.45, 2.75) is 24.5 Å². The van der Waals surface area contributed by atoms with Crippen LogP contribution >= 0.6 is 0 Å². The van der Waals surface area contributed by atoms with Gasteiger partial charge in [-0.3, -0.25) is 0 Å². The van der Waals surface area contributed by atoms with E-state index in [9.17, 15) is 13.6 Å². The van der Waals surface area contributed by atoms with Gasteiger partial charge in [-0.2, -0.15) is 4.98 Å². The molecule has 0 aromatic carbocycles. The van der Waals surface area contributed by atoms with E-state index in [0.29, 0.717) is 18.9 Å². The van der Waals surface area contributed by atoms with Crippen molar-refractivity contribution in [3.63, 3.8) is 0 Å². The Morgan fingerprint density at radius 2 is 2.29 bits per heavy atom. The second-order valence-electron chi connectivity index (χ2n) is 6.04. The molecule has 24 heavy (non-hydrogen) atoms. The van der Waals surface area contributed by atoms with Gasteiger partial charge in [-0.25, -0.2) is 18.6 Å². The minimum absolute atomic E-state index is 0.0510. The minimum Gasteiger partial charge on any atom is -0.377 e. The molecule has 0 unspecified atom stereocenters. The van der Waals surface area contributed by atoms with E-state index in [4.69, 9.17) is 10.5 Å². The van der Waals surface area contributed by atoms with Crippen LogP contribution in [-0.2, 0) is 4.74 Å². The molecule has 8 nitrogen and oxygen atoms in total. The molecular formula is C14H20F2N6O2. The standard InChI is InChI=1S/C14H20F2N6O2/c1-24-10-7-22(11-2-4-18-12(17)20-11)6-9(10)19-13(23)21-5-3-14(15,16)8-21/h2,4,9-10H,3,5-8H2,1H3,(H,19,23)(H2,17,18,20)/t9-,10+/m0/s1. The maximum absolute atomic E-state index is 13.3. The Morgan fingerprint density at radius 3 is 2.92 bits per heavy atom. The van der Waals surface area contributed by atoms with Gasteiger partial charge in [0.2, 0.25) is 5.95 Å². The van der Waals surface area contributed by atoms with Crippen molar-refractivity contribution in [3.8, 4) is 0 Å². The number of ether oxygens (including phenoxy) is 1. The van der Waals surface area contributed by atoms with Gasteiger partial charge in [0.25, 0.3) is 5.92 Å². The topological polar surface area (TPSA) is 96.6 Å². The number of nitrogens with one attached hydrogen (secondary N) is 1. The molecule has 132 valence electrons. The number of amides is 2. The molecule has 2 fully saturated rings. The highest BCUT2D eigenvalue weighted by atomic mass is 19.3. The number of hydrogen-bond acceptors (Lipinski definition) is 6. The van der Waals surface area contributed by atoms with Gasteiger partial charge in [-0.1, -0.05) is 0 Å². The fourth-order valence-corrected chi connectivity index (χ4v) is 3.04. The number of alkyl halides is 2. The average Bonchev–Trinajstić information content (AvgIpc) is 3.10. The van der Waals surface area contributed by atoms with Crippen LogP contribution in [0.1, 0.15) is 6.42 Å². The van der Waals surface area contributed by atoms with Crippen molar-refractivity contribution in [2.24, 2.45) is 0 Å². The number of likely N-dealkylation sites (tertiary alicyclic amines) is 1. The van der Waals surface area contributed by atoms with E-state index in [1.165, 1.54) is 0 Å². The third-order valence-corrected chi connectivity index (χ3v) is 4.32. The van der Waals surface area contributed by atoms with Gasteiger partial charge in [0.05, 0.1) is 18.7 Å². The number of halogens is 2. The third-order valence-electron chi connectivity index (χ3n) is 4.32. The molecular weight excluding hydrogens is 322 g/mol. The third kappa shape index (κ3) is 3.48. The van der Waals surface area contributed by atoms with Crippen molar-refractivity contribution < 1.29 is 18.3 Å². The van der Waals surface area contributed by atoms with Gasteiger partial charge >= 0.3 is 6.03 Å². The fourth-order valence-electron chi connectivity index (χ4n) is 3.04. The number of aromatic nitrogens is 2. The number of carbonyl (C=O) groups is 1. The van der Waals surface area contributed by atoms with E-state index >= 15 is 0 Å². The van der Waals surface area contributed by atoms with Crippen molar-refractivity contribution in [2.75, 3.05) is 43.9 Å². The average molecular weight is 342 g/mol. The van der Waals surface area contributed by atoms with E-state index in [1.54, 1.807) is 19.4 Å². The molecule has 2 aliphatic rings. The van der Waals surface area contributed by atoms with Crippen molar-refractivity contribution >= 4 is 17.8 Å². The number of nitrogen functional groups attached to an aromatic ring is 1. The first-order valence-corrected chi connectivity index (χ1v) is 7.67. The molecule has 10 heteroatoms. The Bertz CT molecular complexity index is 617. The Morgan fingerprint density at radius 1 is 1.50 bits per heavy atom. The molecule has 3 rings (SSSR count). The molecule has 2 aliphatic heterocycles. The molecule has 2 amide bonds. The lowest BCUT2D eigenvalue weighted by Gasteiger charge is -2.23. The molecule has 0 saturated carbocycles. The number of rotatable bonds is 3. The first-order chi connectivity index (χ1) is 11.4. The summed E-state index contributed by atoms with van der Waals surface area (Å²) in [5, 5.41) is 2.79. The number of anilines is 2. The molecule has 1 aromatic rings. The Hall–Kier alpha value is -2.23. The van der Waals surface area contributed by atoms with Crippen LogP contribution in [0.25, 0.3) is 0 Å². The first kappa shape index (κ1) is 16.6. The van der Waals surface area contributed by atoms with Gasteiger partial charge in [0.15, 0.2) is 0 Å². The van der Waals surface area contributed by atoms with Crippen molar-refractivity contribution in [3.05, 3.63) is 12.3 Å². The molecule has 0 bridgehead atoms. The molecule has 3 N–H and O–H groups in total. The number of nitrogens with two attached hydrogens (primary N) is 1. The predicted octanol–water partition coefficient (Wildman–Crippen LogP) is 0.313. The lowest BCUT2D eigenvalue weighted by molar-refractivity contribution is 0.0150. The van der Waals surface area contributed by atoms with Crippen LogP contribution < -0.4 is 16.0 Å². The number of urea groups is 1. The zero-order valence-corrected chi connectivity index (χ0v) is 13.3. The Balaban J connectivity index is 1.64. The summed E-state index contributed by atoms with van der Waals surface area (Å²) >= 11 is 0. The zero-order valence-electron chi connectivity index (χ0n) is 13.3. The van der Waals surface area contributed by atoms with Crippen LogP contribution in [0.2, 0.25) is 0 Å². The number of methoxy groups -OCH3 is 1. The smallest absolute Gasteiger partial charge is 0.317 e. The van der Waals surface area contributed by atoms with Crippen LogP contribution in [-0.4, -0.2) is 72.3 Å². The van der Waals surface area contributed by atoms with Crippen molar-refractivity contribution in [1.82, 2.24) is 20.2 Å². The Labute approximate surface area is 138 Å². The lowest BCUT2D eigenvalue weighted by Crippen LogP contribution is -2.49. The van der Waals surface area contributed by atoms with Gasteiger partial charge in [0, 0.05) is 39.4 Å². The number of nitrogens with zero attached hydrogens (tertiary/aromatic N) is 4. The predicted molar refractivity (Wildman–Crippen MR) is 82.9 cm³/mol. The molecule has 2 atom stereocenters. The molecule has 0 radical (unpaired) electrons. The van der Waals surface area contributed by atoms with Crippen LogP contribution in [0, 0.1) is 0 Å². The summed E-state index contributed by atoms with van der Waals surface area (Å²) in [7, 11) is 1.55. The number of hydrogen-bond donors (Lipinski definition) is 2. The lowest BCUT2D eigenvalue weighted by atomic mass is 10.2. The van der Waals surface area contributed by atoms with E-state index in [2.05, 4.69) is 15.3 Å². The maximum Gasteiger partial charge on any atom is 0.317 e. The summed E-state index contributed by atoms with van der Waals surface area (Å²) in [4.78, 5) is 23.3. The highest BCUT2D eigenvalue weighted by molar-refractivity contribution is 5.75. The number of carbonyl (C=O) groups excluding carboxylic acids is 1. The highest BCUT2D eigenvalue weighted by Crippen LogP contribution is 2.27. The minimum atomic E-state index is -2.81. The van der Waals surface area contributed by atoms with Crippen LogP contribution in [0.4, 0.5) is 25.3 Å². The van der Waals surface area contributed by atoms with Gasteiger partial charge in [-0.05, 0) is 6.07 Å². The van der Waals surface area contributed by atoms with E-state index in [0.717, 1.165) is 4.90 Å². The molecule has 2 saturated heterocycles. The second kappa shape index (κ2) is 6.34. The van der Waals surface area contributed by atoms with Gasteiger partial charge < -0.3 is 25.6 Å². The molecule has 0 spiro atoms. The first-order valence-electron chi connectivity index (χ1n) is 7.67. The van der Waals surface area contributed by atoms with Crippen molar-refractivity contribution in [1.29, 1.82) is 0 Å². The van der Waals surface area contributed by atoms with E-state index < -0.39 is 18.5 Å². The Kier molecular flexibility index (Phi) is 4.39. The molecule has 3 heterocycles. The normalized spacial score (nSPS) is 26.0. The summed E-state index contributed by atoms with van der Waals surface area (Å²) in [5.74, 6) is -2.01. The monoisotopic (exact) mass is 342 g/mol. The highest BCUT2D eigenvalue weighted by Gasteiger charge is 2.42. The van der Waals surface area contributed by atoms with Gasteiger partial charge in [-0.15, -0.1) is 0 Å². The molecule has 1 aromatic heterocycles. The fraction of sp³-hybridized carbons (Fsp3) is 0.643.